The summed E-state index contributed by atoms with van der Waals surface area (Å²) in [5, 5.41) is 9.17. The topological polar surface area (TPSA) is 40.5 Å². The average Bonchev–Trinajstić information content (AvgIpc) is 2.20. The summed E-state index contributed by atoms with van der Waals surface area (Å²) in [7, 11) is 1.70. The van der Waals surface area contributed by atoms with Crippen LogP contribution in [0.4, 0.5) is 0 Å². The monoisotopic (exact) mass is 239 g/mol. The summed E-state index contributed by atoms with van der Waals surface area (Å²) in [6.07, 6.45) is -0.133. The molecule has 3 nitrogen and oxygen atoms in total. The average molecular weight is 239 g/mol. The first-order chi connectivity index (χ1) is 7.49. The lowest BCUT2D eigenvalue weighted by Crippen LogP contribution is -2.34. The second kappa shape index (κ2) is 5.92. The van der Waals surface area contributed by atoms with Crippen molar-refractivity contribution >= 4 is 18.5 Å². The number of aliphatic hydroxyl groups excluding tert-OH is 1. The van der Waals surface area contributed by atoms with Gasteiger partial charge in [0, 0.05) is 18.5 Å². The van der Waals surface area contributed by atoms with Gasteiger partial charge >= 0.3 is 0 Å². The standard InChI is InChI=1S/C12H17NO2S/c1-9(14)8-13(2)12(15)7-10-3-5-11(16)6-4-10/h3-6,9,14,16H,7-8H2,1-2H3. The number of hydrogen-bond donors (Lipinski definition) is 2. The van der Waals surface area contributed by atoms with Gasteiger partial charge in [0.25, 0.3) is 0 Å². The highest BCUT2D eigenvalue weighted by atomic mass is 32.1. The molecule has 0 aliphatic rings. The van der Waals surface area contributed by atoms with Crippen molar-refractivity contribution in [3.8, 4) is 0 Å². The molecule has 1 amide bonds. The van der Waals surface area contributed by atoms with Crippen LogP contribution in [0.1, 0.15) is 12.5 Å². The molecule has 1 rings (SSSR count). The molecule has 0 spiro atoms. The van der Waals surface area contributed by atoms with Crippen molar-refractivity contribution in [3.05, 3.63) is 29.8 Å². The summed E-state index contributed by atoms with van der Waals surface area (Å²) in [5.74, 6) is 0.00724. The molecule has 4 heteroatoms. The lowest BCUT2D eigenvalue weighted by Gasteiger charge is -2.18. The molecule has 16 heavy (non-hydrogen) atoms. The Kier molecular flexibility index (Phi) is 4.83. The Morgan fingerprint density at radius 2 is 2.00 bits per heavy atom. The van der Waals surface area contributed by atoms with Crippen LogP contribution in [0.5, 0.6) is 0 Å². The normalized spacial score (nSPS) is 12.2. The predicted octanol–water partition coefficient (Wildman–Crippen LogP) is 1.36. The minimum absolute atomic E-state index is 0.00724. The number of amides is 1. The molecule has 1 aromatic rings. The Balaban J connectivity index is 2.54. The largest absolute Gasteiger partial charge is 0.392 e. The third kappa shape index (κ3) is 4.24. The molecule has 0 fully saturated rings. The van der Waals surface area contributed by atoms with Gasteiger partial charge in [0.2, 0.25) is 5.91 Å². The predicted molar refractivity (Wildman–Crippen MR) is 66.7 cm³/mol. The van der Waals surface area contributed by atoms with Gasteiger partial charge < -0.3 is 10.0 Å². The van der Waals surface area contributed by atoms with E-state index in [1.165, 1.54) is 0 Å². The lowest BCUT2D eigenvalue weighted by atomic mass is 10.1. The second-order valence-electron chi connectivity index (χ2n) is 3.97. The third-order valence-corrected chi connectivity index (χ3v) is 2.55. The van der Waals surface area contributed by atoms with E-state index in [9.17, 15) is 9.90 Å². The Labute approximate surface area is 101 Å². The number of carbonyl (C=O) groups is 1. The van der Waals surface area contributed by atoms with Crippen molar-refractivity contribution in [3.63, 3.8) is 0 Å². The van der Waals surface area contributed by atoms with Gasteiger partial charge in [-0.15, -0.1) is 12.6 Å². The van der Waals surface area contributed by atoms with E-state index in [2.05, 4.69) is 12.6 Å². The summed E-state index contributed by atoms with van der Waals surface area (Å²) in [6, 6.07) is 7.49. The third-order valence-electron chi connectivity index (χ3n) is 2.26. The molecular weight excluding hydrogens is 222 g/mol. The quantitative estimate of drug-likeness (QED) is 0.779. The molecule has 1 unspecified atom stereocenters. The molecule has 88 valence electrons. The van der Waals surface area contributed by atoms with Crippen LogP contribution in [0, 0.1) is 0 Å². The van der Waals surface area contributed by atoms with Gasteiger partial charge in [0.05, 0.1) is 12.5 Å². The first-order valence-electron chi connectivity index (χ1n) is 5.19. The molecule has 0 saturated heterocycles. The van der Waals surface area contributed by atoms with Crippen LogP contribution in [-0.4, -0.2) is 35.6 Å². The van der Waals surface area contributed by atoms with E-state index in [1.807, 2.05) is 24.3 Å². The van der Waals surface area contributed by atoms with Crippen molar-refractivity contribution in [2.45, 2.75) is 24.3 Å². The van der Waals surface area contributed by atoms with Gasteiger partial charge in [-0.2, -0.15) is 0 Å². The zero-order valence-electron chi connectivity index (χ0n) is 9.55. The van der Waals surface area contributed by atoms with Gasteiger partial charge in [-0.25, -0.2) is 0 Å². The highest BCUT2D eigenvalue weighted by Crippen LogP contribution is 2.09. The molecule has 0 aliphatic heterocycles. The van der Waals surface area contributed by atoms with Crippen molar-refractivity contribution in [1.82, 2.24) is 4.90 Å². The molecule has 0 heterocycles. The Bertz CT molecular complexity index is 349. The van der Waals surface area contributed by atoms with Crippen molar-refractivity contribution in [2.24, 2.45) is 0 Å². The van der Waals surface area contributed by atoms with Crippen molar-refractivity contribution < 1.29 is 9.90 Å². The number of likely N-dealkylation sites (N-methyl/N-ethyl adjacent to an activating group) is 1. The second-order valence-corrected chi connectivity index (χ2v) is 4.48. The summed E-state index contributed by atoms with van der Waals surface area (Å²) >= 11 is 4.18. The molecule has 0 bridgehead atoms. The first kappa shape index (κ1) is 13.1. The lowest BCUT2D eigenvalue weighted by molar-refractivity contribution is -0.130. The van der Waals surface area contributed by atoms with E-state index in [4.69, 9.17) is 0 Å². The highest BCUT2D eigenvalue weighted by molar-refractivity contribution is 7.80. The summed E-state index contributed by atoms with van der Waals surface area (Å²) in [5.41, 5.74) is 0.959. The number of rotatable bonds is 4. The minimum atomic E-state index is -0.492. The molecule has 1 aromatic carbocycles. The first-order valence-corrected chi connectivity index (χ1v) is 5.63. The Hall–Kier alpha value is -1.00. The Morgan fingerprint density at radius 1 is 1.44 bits per heavy atom. The van der Waals surface area contributed by atoms with Crippen molar-refractivity contribution in [2.75, 3.05) is 13.6 Å². The maximum Gasteiger partial charge on any atom is 0.226 e. The molecule has 1 N–H and O–H groups in total. The molecule has 0 aromatic heterocycles. The zero-order chi connectivity index (χ0) is 12.1. The Morgan fingerprint density at radius 3 is 2.50 bits per heavy atom. The number of nitrogens with zero attached hydrogens (tertiary/aromatic N) is 1. The maximum absolute atomic E-state index is 11.7. The highest BCUT2D eigenvalue weighted by Gasteiger charge is 2.11. The van der Waals surface area contributed by atoms with E-state index in [1.54, 1.807) is 18.9 Å². The van der Waals surface area contributed by atoms with E-state index < -0.39 is 6.10 Å². The number of thiol groups is 1. The smallest absolute Gasteiger partial charge is 0.226 e. The summed E-state index contributed by atoms with van der Waals surface area (Å²) in [4.78, 5) is 14.2. The summed E-state index contributed by atoms with van der Waals surface area (Å²) in [6.45, 7) is 2.03. The van der Waals surface area contributed by atoms with Gasteiger partial charge in [-0.3, -0.25) is 4.79 Å². The fourth-order valence-electron chi connectivity index (χ4n) is 1.42. The van der Waals surface area contributed by atoms with Crippen LogP contribution < -0.4 is 0 Å². The zero-order valence-corrected chi connectivity index (χ0v) is 10.4. The number of benzene rings is 1. The number of carbonyl (C=O) groups excluding carboxylic acids is 1. The fraction of sp³-hybridized carbons (Fsp3) is 0.417. The van der Waals surface area contributed by atoms with Crippen molar-refractivity contribution in [1.29, 1.82) is 0 Å². The van der Waals surface area contributed by atoms with Crippen LogP contribution in [0.3, 0.4) is 0 Å². The molecule has 1 atom stereocenters. The minimum Gasteiger partial charge on any atom is -0.392 e. The van der Waals surface area contributed by atoms with Crippen LogP contribution in [0.15, 0.2) is 29.2 Å². The maximum atomic E-state index is 11.7. The summed E-state index contributed by atoms with van der Waals surface area (Å²) < 4.78 is 0. The molecular formula is C12H17NO2S. The van der Waals surface area contributed by atoms with Crippen LogP contribution in [0.25, 0.3) is 0 Å². The van der Waals surface area contributed by atoms with Gasteiger partial charge in [0.1, 0.15) is 0 Å². The molecule has 0 radical (unpaired) electrons. The van der Waals surface area contributed by atoms with Gasteiger partial charge in [-0.05, 0) is 24.6 Å². The van der Waals surface area contributed by atoms with E-state index in [-0.39, 0.29) is 5.91 Å². The number of hydrogen-bond acceptors (Lipinski definition) is 3. The van der Waals surface area contributed by atoms with Gasteiger partial charge in [0.15, 0.2) is 0 Å². The molecule has 0 saturated carbocycles. The van der Waals surface area contributed by atoms with E-state index in [0.717, 1.165) is 10.5 Å². The van der Waals surface area contributed by atoms with Gasteiger partial charge in [-0.1, -0.05) is 12.1 Å². The van der Waals surface area contributed by atoms with Crippen LogP contribution >= 0.6 is 12.6 Å². The fourth-order valence-corrected chi connectivity index (χ4v) is 1.57. The number of aliphatic hydroxyl groups is 1. The van der Waals surface area contributed by atoms with E-state index >= 15 is 0 Å². The SMILES string of the molecule is CC(O)CN(C)C(=O)Cc1ccc(S)cc1. The van der Waals surface area contributed by atoms with Crippen LogP contribution in [0.2, 0.25) is 0 Å². The molecule has 0 aliphatic carbocycles. The van der Waals surface area contributed by atoms with E-state index in [0.29, 0.717) is 13.0 Å². The van der Waals surface area contributed by atoms with Crippen LogP contribution in [-0.2, 0) is 11.2 Å².